The van der Waals surface area contributed by atoms with Crippen LogP contribution >= 0.6 is 0 Å². The number of para-hydroxylation sites is 2. The molecule has 1 aliphatic rings. The number of rotatable bonds is 4. The first kappa shape index (κ1) is 22.6. The lowest BCUT2D eigenvalue weighted by Crippen LogP contribution is -2.31. The average Bonchev–Trinajstić information content (AvgIpc) is 3.18. The van der Waals surface area contributed by atoms with Crippen LogP contribution in [0.5, 0.6) is 5.75 Å². The van der Waals surface area contributed by atoms with Crippen molar-refractivity contribution in [1.29, 1.82) is 0 Å². The number of ether oxygens (including phenoxy) is 1. The van der Waals surface area contributed by atoms with E-state index in [-0.39, 0.29) is 11.8 Å². The Morgan fingerprint density at radius 3 is 2.80 bits per heavy atom. The van der Waals surface area contributed by atoms with Crippen LogP contribution in [0.2, 0.25) is 0 Å². The van der Waals surface area contributed by atoms with Gasteiger partial charge in [-0.2, -0.15) is 0 Å². The SMILES string of the molecule is COc1cc(C(=O)N2CCCC(O)c3ccccc32)ccc1C(=O)Nc1cccc2[nH]c(C)nc12. The lowest BCUT2D eigenvalue weighted by Gasteiger charge is -2.23. The van der Waals surface area contributed by atoms with Gasteiger partial charge in [0, 0.05) is 23.4 Å². The number of H-pyrrole nitrogens is 1. The minimum absolute atomic E-state index is 0.214. The molecule has 178 valence electrons. The number of carbonyl (C=O) groups is 2. The number of aromatic nitrogens is 2. The van der Waals surface area contributed by atoms with Crippen molar-refractivity contribution in [3.05, 3.63) is 83.2 Å². The van der Waals surface area contributed by atoms with Crippen molar-refractivity contribution in [3.8, 4) is 5.75 Å². The molecular weight excluding hydrogens is 444 g/mol. The van der Waals surface area contributed by atoms with Crippen LogP contribution in [-0.4, -0.2) is 40.5 Å². The third-order valence-corrected chi connectivity index (χ3v) is 6.26. The molecule has 1 unspecified atom stereocenters. The molecule has 0 spiro atoms. The second-order valence-corrected chi connectivity index (χ2v) is 8.57. The molecule has 0 saturated heterocycles. The number of benzene rings is 3. The minimum atomic E-state index is -0.604. The second kappa shape index (κ2) is 9.23. The number of fused-ring (bicyclic) bond motifs is 2. The number of hydrogen-bond acceptors (Lipinski definition) is 5. The summed E-state index contributed by atoms with van der Waals surface area (Å²) in [6, 6.07) is 17.7. The molecule has 4 aromatic rings. The van der Waals surface area contributed by atoms with Gasteiger partial charge in [0.1, 0.15) is 17.1 Å². The molecule has 35 heavy (non-hydrogen) atoms. The van der Waals surface area contributed by atoms with Gasteiger partial charge in [-0.05, 0) is 56.2 Å². The highest BCUT2D eigenvalue weighted by molar-refractivity contribution is 6.11. The number of carbonyl (C=O) groups excluding carboxylic acids is 2. The number of aromatic amines is 1. The van der Waals surface area contributed by atoms with Gasteiger partial charge in [0.05, 0.1) is 30.0 Å². The third kappa shape index (κ3) is 4.24. The smallest absolute Gasteiger partial charge is 0.259 e. The fraction of sp³-hybridized carbons (Fsp3) is 0.222. The zero-order chi connectivity index (χ0) is 24.5. The van der Waals surface area contributed by atoms with E-state index in [1.807, 2.05) is 43.3 Å². The lowest BCUT2D eigenvalue weighted by atomic mass is 10.0. The van der Waals surface area contributed by atoms with Gasteiger partial charge >= 0.3 is 0 Å². The summed E-state index contributed by atoms with van der Waals surface area (Å²) in [5.74, 6) is 0.470. The third-order valence-electron chi connectivity index (χ3n) is 6.26. The van der Waals surface area contributed by atoms with Crippen molar-refractivity contribution in [2.75, 3.05) is 23.9 Å². The van der Waals surface area contributed by atoms with Crippen LogP contribution in [0.15, 0.2) is 60.7 Å². The maximum absolute atomic E-state index is 13.5. The molecule has 0 aliphatic carbocycles. The van der Waals surface area contributed by atoms with Crippen molar-refractivity contribution in [1.82, 2.24) is 9.97 Å². The maximum Gasteiger partial charge on any atom is 0.259 e. The van der Waals surface area contributed by atoms with E-state index in [0.717, 1.165) is 16.9 Å². The molecule has 1 aromatic heterocycles. The van der Waals surface area contributed by atoms with Crippen molar-refractivity contribution >= 4 is 34.2 Å². The molecule has 5 rings (SSSR count). The zero-order valence-corrected chi connectivity index (χ0v) is 19.5. The first-order valence-corrected chi connectivity index (χ1v) is 11.5. The number of amides is 2. The highest BCUT2D eigenvalue weighted by atomic mass is 16.5. The van der Waals surface area contributed by atoms with E-state index in [1.54, 1.807) is 29.2 Å². The summed E-state index contributed by atoms with van der Waals surface area (Å²) in [5.41, 5.74) is 4.23. The molecule has 0 radical (unpaired) electrons. The second-order valence-electron chi connectivity index (χ2n) is 8.57. The Balaban J connectivity index is 1.44. The standard InChI is InChI=1S/C27H26N4O4/c1-16-28-20-8-5-9-21(25(20)29-16)30-26(33)19-13-12-17(15-24(19)35-2)27(34)31-14-6-11-23(32)18-7-3-4-10-22(18)31/h3-5,7-10,12-13,15,23,32H,6,11,14H2,1-2H3,(H,28,29)(H,30,33). The molecule has 3 N–H and O–H groups in total. The number of nitrogens with zero attached hydrogens (tertiary/aromatic N) is 2. The van der Waals surface area contributed by atoms with Crippen LogP contribution < -0.4 is 15.0 Å². The highest BCUT2D eigenvalue weighted by Crippen LogP contribution is 2.34. The molecule has 1 aliphatic heterocycles. The maximum atomic E-state index is 13.5. The Morgan fingerprint density at radius 1 is 1.14 bits per heavy atom. The van der Waals surface area contributed by atoms with Crippen LogP contribution in [0, 0.1) is 6.92 Å². The molecule has 3 aromatic carbocycles. The number of aliphatic hydroxyl groups excluding tert-OH is 1. The predicted octanol–water partition coefficient (Wildman–Crippen LogP) is 4.61. The summed E-state index contributed by atoms with van der Waals surface area (Å²) in [4.78, 5) is 35.9. The molecule has 8 heteroatoms. The first-order chi connectivity index (χ1) is 17.0. The van der Waals surface area contributed by atoms with E-state index in [9.17, 15) is 14.7 Å². The van der Waals surface area contributed by atoms with E-state index in [2.05, 4.69) is 15.3 Å². The van der Waals surface area contributed by atoms with Crippen molar-refractivity contribution in [2.24, 2.45) is 0 Å². The Kier molecular flexibility index (Phi) is 5.96. The Bertz CT molecular complexity index is 1430. The summed E-state index contributed by atoms with van der Waals surface area (Å²) >= 11 is 0. The van der Waals surface area contributed by atoms with E-state index >= 15 is 0 Å². The molecule has 0 fully saturated rings. The van der Waals surface area contributed by atoms with Gasteiger partial charge in [0.2, 0.25) is 0 Å². The normalized spacial score (nSPS) is 15.4. The first-order valence-electron chi connectivity index (χ1n) is 11.5. The van der Waals surface area contributed by atoms with E-state index < -0.39 is 6.10 Å². The molecule has 1 atom stereocenters. The van der Waals surface area contributed by atoms with Gasteiger partial charge in [0.25, 0.3) is 11.8 Å². The van der Waals surface area contributed by atoms with Crippen molar-refractivity contribution < 1.29 is 19.4 Å². The number of nitrogens with one attached hydrogen (secondary N) is 2. The number of methoxy groups -OCH3 is 1. The number of anilines is 2. The fourth-order valence-corrected chi connectivity index (χ4v) is 4.56. The van der Waals surface area contributed by atoms with Crippen molar-refractivity contribution in [3.63, 3.8) is 0 Å². The minimum Gasteiger partial charge on any atom is -0.496 e. The Morgan fingerprint density at radius 2 is 1.97 bits per heavy atom. The van der Waals surface area contributed by atoms with E-state index in [1.165, 1.54) is 7.11 Å². The summed E-state index contributed by atoms with van der Waals surface area (Å²) in [6.45, 7) is 2.35. The van der Waals surface area contributed by atoms with Gasteiger partial charge in [-0.25, -0.2) is 4.98 Å². The fourth-order valence-electron chi connectivity index (χ4n) is 4.56. The van der Waals surface area contributed by atoms with E-state index in [4.69, 9.17) is 4.74 Å². The zero-order valence-electron chi connectivity index (χ0n) is 19.5. The van der Waals surface area contributed by atoms with E-state index in [0.29, 0.717) is 53.2 Å². The average molecular weight is 471 g/mol. The van der Waals surface area contributed by atoms with Gasteiger partial charge in [-0.15, -0.1) is 0 Å². The molecule has 0 bridgehead atoms. The highest BCUT2D eigenvalue weighted by Gasteiger charge is 2.27. The quantitative estimate of drug-likeness (QED) is 0.404. The molecule has 8 nitrogen and oxygen atoms in total. The molecule has 0 saturated carbocycles. The lowest BCUT2D eigenvalue weighted by molar-refractivity contribution is 0.0982. The van der Waals surface area contributed by atoms with Gasteiger partial charge in [-0.3, -0.25) is 9.59 Å². The molecule has 2 heterocycles. The predicted molar refractivity (Wildman–Crippen MR) is 134 cm³/mol. The number of aliphatic hydroxyl groups is 1. The van der Waals surface area contributed by atoms with Crippen LogP contribution in [0.25, 0.3) is 11.0 Å². The van der Waals surface area contributed by atoms with Gasteiger partial charge in [0.15, 0.2) is 0 Å². The van der Waals surface area contributed by atoms with Crippen molar-refractivity contribution in [2.45, 2.75) is 25.9 Å². The number of imidazole rings is 1. The summed E-state index contributed by atoms with van der Waals surface area (Å²) < 4.78 is 5.49. The van der Waals surface area contributed by atoms with Crippen LogP contribution in [0.3, 0.4) is 0 Å². The largest absolute Gasteiger partial charge is 0.496 e. The van der Waals surface area contributed by atoms with Crippen LogP contribution in [-0.2, 0) is 0 Å². The van der Waals surface area contributed by atoms with Crippen LogP contribution in [0.4, 0.5) is 11.4 Å². The number of hydrogen-bond donors (Lipinski definition) is 3. The Labute approximate surface area is 202 Å². The van der Waals surface area contributed by atoms with Gasteiger partial charge in [-0.1, -0.05) is 24.3 Å². The summed E-state index contributed by atoms with van der Waals surface area (Å²) in [6.07, 6.45) is 0.662. The van der Waals surface area contributed by atoms with Crippen LogP contribution in [0.1, 0.15) is 51.0 Å². The summed E-state index contributed by atoms with van der Waals surface area (Å²) in [5, 5.41) is 13.4. The molecular formula is C27H26N4O4. The Hall–Kier alpha value is -4.17. The number of aryl methyl sites for hydroxylation is 1. The van der Waals surface area contributed by atoms with Gasteiger partial charge < -0.3 is 25.0 Å². The monoisotopic (exact) mass is 470 g/mol. The summed E-state index contributed by atoms with van der Waals surface area (Å²) in [7, 11) is 1.47. The molecule has 2 amide bonds. The topological polar surface area (TPSA) is 108 Å².